The first-order valence-electron chi connectivity index (χ1n) is 7.71. The van der Waals surface area contributed by atoms with E-state index in [2.05, 4.69) is 44.2 Å². The SMILES string of the molecule is CCCNC1CCCc2nc(CSC(C)(C)C)ncc21. The summed E-state index contributed by atoms with van der Waals surface area (Å²) in [6.45, 7) is 9.99. The predicted octanol–water partition coefficient (Wildman–Crippen LogP) is 3.89. The zero-order valence-electron chi connectivity index (χ0n) is 13.2. The Morgan fingerprint density at radius 3 is 2.90 bits per heavy atom. The molecule has 1 unspecified atom stereocenters. The standard InChI is InChI=1S/C16H27N3S/c1-5-9-17-13-7-6-8-14-12(13)10-18-15(19-14)11-20-16(2,3)4/h10,13,17H,5-9,11H2,1-4H3. The van der Waals surface area contributed by atoms with Gasteiger partial charge in [0, 0.05) is 28.2 Å². The van der Waals surface area contributed by atoms with E-state index in [-0.39, 0.29) is 4.75 Å². The minimum Gasteiger partial charge on any atom is -0.310 e. The molecular weight excluding hydrogens is 266 g/mol. The van der Waals surface area contributed by atoms with Crippen LogP contribution in [0.15, 0.2) is 6.20 Å². The highest BCUT2D eigenvalue weighted by Gasteiger charge is 2.22. The Labute approximate surface area is 127 Å². The highest BCUT2D eigenvalue weighted by molar-refractivity contribution is 7.99. The molecule has 0 saturated heterocycles. The highest BCUT2D eigenvalue weighted by atomic mass is 32.2. The molecule has 0 fully saturated rings. The summed E-state index contributed by atoms with van der Waals surface area (Å²) in [7, 11) is 0. The molecule has 1 N–H and O–H groups in total. The summed E-state index contributed by atoms with van der Waals surface area (Å²) in [5, 5.41) is 3.62. The summed E-state index contributed by atoms with van der Waals surface area (Å²) in [5.74, 6) is 1.89. The van der Waals surface area contributed by atoms with Gasteiger partial charge < -0.3 is 5.32 Å². The van der Waals surface area contributed by atoms with Crippen LogP contribution in [0.4, 0.5) is 0 Å². The van der Waals surface area contributed by atoms with Crippen LogP contribution in [-0.2, 0) is 12.2 Å². The van der Waals surface area contributed by atoms with E-state index < -0.39 is 0 Å². The van der Waals surface area contributed by atoms with Gasteiger partial charge in [0.15, 0.2) is 0 Å². The third kappa shape index (κ3) is 4.45. The number of thioether (sulfide) groups is 1. The van der Waals surface area contributed by atoms with Gasteiger partial charge in [-0.15, -0.1) is 11.8 Å². The third-order valence-electron chi connectivity index (χ3n) is 3.51. The summed E-state index contributed by atoms with van der Waals surface area (Å²) in [6.07, 6.45) is 6.79. The van der Waals surface area contributed by atoms with Crippen molar-refractivity contribution >= 4 is 11.8 Å². The van der Waals surface area contributed by atoms with Crippen molar-refractivity contribution in [3.05, 3.63) is 23.3 Å². The maximum absolute atomic E-state index is 4.80. The van der Waals surface area contributed by atoms with Crippen molar-refractivity contribution in [3.63, 3.8) is 0 Å². The molecule has 2 rings (SSSR count). The first kappa shape index (κ1) is 15.8. The Kier molecular flexibility index (Phi) is 5.44. The lowest BCUT2D eigenvalue weighted by molar-refractivity contribution is 0.452. The maximum atomic E-state index is 4.80. The van der Waals surface area contributed by atoms with Gasteiger partial charge >= 0.3 is 0 Å². The first-order valence-corrected chi connectivity index (χ1v) is 8.70. The average molecular weight is 293 g/mol. The van der Waals surface area contributed by atoms with Crippen molar-refractivity contribution < 1.29 is 0 Å². The minimum absolute atomic E-state index is 0.268. The lowest BCUT2D eigenvalue weighted by Crippen LogP contribution is -2.27. The second-order valence-electron chi connectivity index (χ2n) is 6.49. The summed E-state index contributed by atoms with van der Waals surface area (Å²) in [6, 6.07) is 0.461. The molecule has 1 aliphatic rings. The fourth-order valence-corrected chi connectivity index (χ4v) is 3.17. The maximum Gasteiger partial charge on any atom is 0.138 e. The molecule has 4 heteroatoms. The van der Waals surface area contributed by atoms with E-state index in [1.54, 1.807) is 0 Å². The largest absolute Gasteiger partial charge is 0.310 e. The lowest BCUT2D eigenvalue weighted by Gasteiger charge is -2.26. The fraction of sp³-hybridized carbons (Fsp3) is 0.750. The number of rotatable bonds is 5. The number of hydrogen-bond acceptors (Lipinski definition) is 4. The highest BCUT2D eigenvalue weighted by Crippen LogP contribution is 2.30. The number of nitrogens with zero attached hydrogens (tertiary/aromatic N) is 2. The van der Waals surface area contributed by atoms with E-state index in [1.165, 1.54) is 30.5 Å². The van der Waals surface area contributed by atoms with E-state index in [0.29, 0.717) is 6.04 Å². The molecule has 0 saturated carbocycles. The molecule has 0 radical (unpaired) electrons. The van der Waals surface area contributed by atoms with Crippen LogP contribution in [0.2, 0.25) is 0 Å². The van der Waals surface area contributed by atoms with Crippen molar-refractivity contribution in [2.45, 2.75) is 69.9 Å². The molecule has 1 heterocycles. The zero-order valence-corrected chi connectivity index (χ0v) is 14.0. The predicted molar refractivity (Wildman–Crippen MR) is 87.1 cm³/mol. The average Bonchev–Trinajstić information content (AvgIpc) is 2.41. The van der Waals surface area contributed by atoms with Gasteiger partial charge in [-0.2, -0.15) is 0 Å². The Balaban J connectivity index is 2.07. The summed E-state index contributed by atoms with van der Waals surface area (Å²) in [5.41, 5.74) is 2.60. The molecule has 0 bridgehead atoms. The van der Waals surface area contributed by atoms with E-state index >= 15 is 0 Å². The molecule has 20 heavy (non-hydrogen) atoms. The van der Waals surface area contributed by atoms with Gasteiger partial charge in [-0.3, -0.25) is 0 Å². The first-order chi connectivity index (χ1) is 9.49. The van der Waals surface area contributed by atoms with Crippen molar-refractivity contribution in [2.75, 3.05) is 6.54 Å². The Hall–Kier alpha value is -0.610. The van der Waals surface area contributed by atoms with Crippen molar-refractivity contribution in [1.29, 1.82) is 0 Å². The molecule has 1 aromatic rings. The molecule has 1 atom stereocenters. The van der Waals surface area contributed by atoms with Gasteiger partial charge in [0.2, 0.25) is 0 Å². The Bertz CT molecular complexity index is 440. The number of fused-ring (bicyclic) bond motifs is 1. The van der Waals surface area contributed by atoms with Gasteiger partial charge in [0.25, 0.3) is 0 Å². The van der Waals surface area contributed by atoms with Crippen molar-refractivity contribution in [2.24, 2.45) is 0 Å². The second kappa shape index (κ2) is 6.90. The molecule has 3 nitrogen and oxygen atoms in total. The van der Waals surface area contributed by atoms with Crippen LogP contribution in [0.3, 0.4) is 0 Å². The third-order valence-corrected chi connectivity index (χ3v) is 4.78. The van der Waals surface area contributed by atoms with Gasteiger partial charge in [0.05, 0.1) is 5.75 Å². The zero-order chi connectivity index (χ0) is 14.6. The van der Waals surface area contributed by atoms with E-state index in [4.69, 9.17) is 4.98 Å². The molecule has 1 aromatic heterocycles. The van der Waals surface area contributed by atoms with Crippen LogP contribution in [-0.4, -0.2) is 21.3 Å². The van der Waals surface area contributed by atoms with Gasteiger partial charge in [-0.25, -0.2) is 9.97 Å². The summed E-state index contributed by atoms with van der Waals surface area (Å²) < 4.78 is 0.268. The molecule has 0 aliphatic heterocycles. The number of nitrogens with one attached hydrogen (secondary N) is 1. The quantitative estimate of drug-likeness (QED) is 0.894. The molecule has 0 amide bonds. The van der Waals surface area contributed by atoms with Crippen LogP contribution in [0, 0.1) is 0 Å². The monoisotopic (exact) mass is 293 g/mol. The van der Waals surface area contributed by atoms with Crippen LogP contribution in [0.25, 0.3) is 0 Å². The van der Waals surface area contributed by atoms with Gasteiger partial charge in [0.1, 0.15) is 5.82 Å². The number of aryl methyl sites for hydroxylation is 1. The summed E-state index contributed by atoms with van der Waals surface area (Å²) in [4.78, 5) is 9.38. The Morgan fingerprint density at radius 2 is 2.20 bits per heavy atom. The van der Waals surface area contributed by atoms with Crippen LogP contribution in [0.1, 0.15) is 70.1 Å². The van der Waals surface area contributed by atoms with E-state index in [9.17, 15) is 0 Å². The van der Waals surface area contributed by atoms with Crippen molar-refractivity contribution in [3.8, 4) is 0 Å². The lowest BCUT2D eigenvalue weighted by atomic mass is 9.92. The van der Waals surface area contributed by atoms with Crippen LogP contribution >= 0.6 is 11.8 Å². The second-order valence-corrected chi connectivity index (χ2v) is 8.29. The summed E-state index contributed by atoms with van der Waals surface area (Å²) >= 11 is 1.91. The van der Waals surface area contributed by atoms with Crippen LogP contribution in [0.5, 0.6) is 0 Å². The molecule has 0 spiro atoms. The number of hydrogen-bond donors (Lipinski definition) is 1. The molecular formula is C16H27N3S. The van der Waals surface area contributed by atoms with Crippen LogP contribution < -0.4 is 5.32 Å². The topological polar surface area (TPSA) is 37.8 Å². The van der Waals surface area contributed by atoms with E-state index in [1.807, 2.05) is 11.8 Å². The van der Waals surface area contributed by atoms with E-state index in [0.717, 1.165) is 24.5 Å². The molecule has 1 aliphatic carbocycles. The normalized spacial score (nSPS) is 18.9. The molecule has 0 aromatic carbocycles. The smallest absolute Gasteiger partial charge is 0.138 e. The van der Waals surface area contributed by atoms with Gasteiger partial charge in [-0.1, -0.05) is 27.7 Å². The minimum atomic E-state index is 0.268. The molecule has 112 valence electrons. The fourth-order valence-electron chi connectivity index (χ4n) is 2.47. The number of aromatic nitrogens is 2. The van der Waals surface area contributed by atoms with Gasteiger partial charge in [-0.05, 0) is 32.2 Å². The van der Waals surface area contributed by atoms with Crippen molar-refractivity contribution in [1.82, 2.24) is 15.3 Å². The Morgan fingerprint density at radius 1 is 1.40 bits per heavy atom.